The summed E-state index contributed by atoms with van der Waals surface area (Å²) in [6.07, 6.45) is -0.269. The quantitative estimate of drug-likeness (QED) is 0.0756. The number of imide groups is 1. The van der Waals surface area contributed by atoms with Crippen LogP contribution in [0, 0.1) is 35.5 Å². The molecular weight excluding hydrogens is 634 g/mol. The lowest BCUT2D eigenvalue weighted by atomic mass is 9.96. The molecule has 1 aliphatic rings. The number of amides is 2. The van der Waals surface area contributed by atoms with Crippen molar-refractivity contribution in [2.75, 3.05) is 47.9 Å². The van der Waals surface area contributed by atoms with Crippen molar-refractivity contribution in [2.24, 2.45) is 35.5 Å². The first-order valence-electron chi connectivity index (χ1n) is 15.9. The van der Waals surface area contributed by atoms with Crippen LogP contribution in [0.4, 0.5) is 0 Å². The van der Waals surface area contributed by atoms with Crippen LogP contribution < -0.4 is 0 Å². The molecule has 2 amide bonds. The third-order valence-corrected chi connectivity index (χ3v) is 7.43. The van der Waals surface area contributed by atoms with Crippen LogP contribution in [0.25, 0.3) is 0 Å². The van der Waals surface area contributed by atoms with Crippen LogP contribution in [0.15, 0.2) is 0 Å². The van der Waals surface area contributed by atoms with Crippen LogP contribution in [-0.2, 0) is 66.7 Å². The molecule has 1 heterocycles. The van der Waals surface area contributed by atoms with Crippen molar-refractivity contribution in [3.05, 3.63) is 0 Å². The standard InChI is InChI=1S/C12H19NO4.C11H20O6.C10H18O4/c1-7(2)17-10(14)5-6-13-11(15)8(3)9(4)12(13)16;1-8(10(12)15-4)9(2)11(13)17-7-16-6-5-14-3;1-6(2)14-10(12)8(4)7(3)9(11)13-5/h7-9H,5-6H2,1-4H3;8-9H,5-7H2,1-4H3;6-8H,1-5H3. The smallest absolute Gasteiger partial charge is 0.311 e. The number of methoxy groups -OCH3 is 3. The summed E-state index contributed by atoms with van der Waals surface area (Å²) in [5, 5.41) is 0. The largest absolute Gasteiger partial charge is 0.469 e. The molecule has 0 aromatic heterocycles. The summed E-state index contributed by atoms with van der Waals surface area (Å²) in [4.78, 5) is 81.1. The zero-order chi connectivity index (χ0) is 37.7. The second-order valence-corrected chi connectivity index (χ2v) is 11.9. The van der Waals surface area contributed by atoms with E-state index in [4.69, 9.17) is 23.7 Å². The molecule has 0 bridgehead atoms. The molecule has 1 aliphatic heterocycles. The second kappa shape index (κ2) is 24.5. The van der Waals surface area contributed by atoms with Crippen molar-refractivity contribution < 1.29 is 66.7 Å². The van der Waals surface area contributed by atoms with Gasteiger partial charge in [-0.25, -0.2) is 0 Å². The van der Waals surface area contributed by atoms with Gasteiger partial charge in [-0.1, -0.05) is 41.5 Å². The highest BCUT2D eigenvalue weighted by molar-refractivity contribution is 6.04. The maximum absolute atomic E-state index is 11.7. The minimum Gasteiger partial charge on any atom is -0.469 e. The number of ether oxygens (including phenoxy) is 7. The Morgan fingerprint density at radius 2 is 1.04 bits per heavy atom. The lowest BCUT2D eigenvalue weighted by molar-refractivity contribution is -0.167. The molecule has 48 heavy (non-hydrogen) atoms. The Labute approximate surface area is 284 Å². The molecule has 0 saturated carbocycles. The second-order valence-electron chi connectivity index (χ2n) is 11.9. The van der Waals surface area contributed by atoms with E-state index in [-0.39, 0.29) is 67.6 Å². The van der Waals surface area contributed by atoms with Gasteiger partial charge in [-0.15, -0.1) is 0 Å². The van der Waals surface area contributed by atoms with E-state index in [2.05, 4.69) is 9.47 Å². The van der Waals surface area contributed by atoms with E-state index in [0.717, 1.165) is 4.90 Å². The molecule has 6 atom stereocenters. The summed E-state index contributed by atoms with van der Waals surface area (Å²) < 4.78 is 33.6. The van der Waals surface area contributed by atoms with Gasteiger partial charge < -0.3 is 33.2 Å². The molecule has 1 saturated heterocycles. The van der Waals surface area contributed by atoms with Crippen molar-refractivity contribution >= 4 is 41.7 Å². The van der Waals surface area contributed by atoms with E-state index in [1.807, 2.05) is 0 Å². The Morgan fingerprint density at radius 1 is 0.625 bits per heavy atom. The van der Waals surface area contributed by atoms with Crippen LogP contribution in [0.3, 0.4) is 0 Å². The van der Waals surface area contributed by atoms with Crippen molar-refractivity contribution in [1.82, 2.24) is 4.90 Å². The zero-order valence-corrected chi connectivity index (χ0v) is 30.8. The van der Waals surface area contributed by atoms with E-state index in [1.165, 1.54) is 14.2 Å². The van der Waals surface area contributed by atoms with Crippen LogP contribution in [-0.4, -0.2) is 107 Å². The van der Waals surface area contributed by atoms with Gasteiger partial charge in [0.25, 0.3) is 0 Å². The number of carbonyl (C=O) groups is 7. The topological polar surface area (TPSA) is 187 Å². The van der Waals surface area contributed by atoms with Crippen molar-refractivity contribution in [2.45, 2.75) is 87.9 Å². The van der Waals surface area contributed by atoms with Gasteiger partial charge in [0.05, 0.1) is 69.7 Å². The summed E-state index contributed by atoms with van der Waals surface area (Å²) >= 11 is 0. The van der Waals surface area contributed by atoms with Crippen LogP contribution in [0.5, 0.6) is 0 Å². The number of hydrogen-bond donors (Lipinski definition) is 0. The molecular formula is C33H57NO14. The number of esters is 5. The minimum absolute atomic E-state index is 0.0646. The Balaban J connectivity index is 0. The van der Waals surface area contributed by atoms with E-state index >= 15 is 0 Å². The molecule has 0 spiro atoms. The van der Waals surface area contributed by atoms with Gasteiger partial charge in [-0.3, -0.25) is 38.5 Å². The summed E-state index contributed by atoms with van der Waals surface area (Å²) in [7, 11) is 4.14. The molecule has 15 nitrogen and oxygen atoms in total. The highest BCUT2D eigenvalue weighted by Gasteiger charge is 2.42. The molecule has 278 valence electrons. The van der Waals surface area contributed by atoms with Gasteiger partial charge in [-0.05, 0) is 27.7 Å². The van der Waals surface area contributed by atoms with Gasteiger partial charge in [0.2, 0.25) is 11.8 Å². The average molecular weight is 692 g/mol. The molecule has 0 radical (unpaired) electrons. The Hall–Kier alpha value is -3.59. The predicted molar refractivity (Wildman–Crippen MR) is 172 cm³/mol. The van der Waals surface area contributed by atoms with Gasteiger partial charge in [0, 0.05) is 25.5 Å². The highest BCUT2D eigenvalue weighted by atomic mass is 16.7. The van der Waals surface area contributed by atoms with Crippen LogP contribution >= 0.6 is 0 Å². The zero-order valence-electron chi connectivity index (χ0n) is 30.8. The maximum Gasteiger partial charge on any atom is 0.311 e. The summed E-state index contributed by atoms with van der Waals surface area (Å²) in [5.74, 6) is -5.05. The summed E-state index contributed by atoms with van der Waals surface area (Å²) in [5.41, 5.74) is 0. The normalized spacial score (nSPS) is 17.9. The monoisotopic (exact) mass is 691 g/mol. The fourth-order valence-corrected chi connectivity index (χ4v) is 3.73. The third-order valence-electron chi connectivity index (χ3n) is 7.43. The first kappa shape index (κ1) is 46.5. The highest BCUT2D eigenvalue weighted by Crippen LogP contribution is 2.25. The van der Waals surface area contributed by atoms with E-state index in [1.54, 1.807) is 76.3 Å². The van der Waals surface area contributed by atoms with E-state index in [0.29, 0.717) is 13.2 Å². The first-order valence-corrected chi connectivity index (χ1v) is 15.9. The third kappa shape index (κ3) is 17.5. The van der Waals surface area contributed by atoms with Crippen LogP contribution in [0.1, 0.15) is 75.7 Å². The van der Waals surface area contributed by atoms with Gasteiger partial charge in [0.15, 0.2) is 6.79 Å². The molecule has 1 rings (SSSR count). The minimum atomic E-state index is -0.562. The first-order chi connectivity index (χ1) is 22.3. The van der Waals surface area contributed by atoms with Gasteiger partial charge in [-0.2, -0.15) is 0 Å². The molecule has 1 fully saturated rings. The lowest BCUT2D eigenvalue weighted by Gasteiger charge is -2.17. The lowest BCUT2D eigenvalue weighted by Crippen LogP contribution is -2.33. The predicted octanol–water partition coefficient (Wildman–Crippen LogP) is 2.95. The molecule has 0 aromatic rings. The van der Waals surface area contributed by atoms with E-state index < -0.39 is 41.6 Å². The van der Waals surface area contributed by atoms with Crippen molar-refractivity contribution in [1.29, 1.82) is 0 Å². The molecule has 15 heteroatoms. The summed E-state index contributed by atoms with van der Waals surface area (Å²) in [6.45, 7) is 17.8. The van der Waals surface area contributed by atoms with Crippen LogP contribution in [0.2, 0.25) is 0 Å². The fraction of sp³-hybridized carbons (Fsp3) is 0.788. The summed E-state index contributed by atoms with van der Waals surface area (Å²) in [6, 6.07) is 0. The Morgan fingerprint density at radius 3 is 1.44 bits per heavy atom. The number of rotatable bonds is 16. The van der Waals surface area contributed by atoms with E-state index in [9.17, 15) is 33.6 Å². The molecule has 0 aromatic carbocycles. The molecule has 6 unspecified atom stereocenters. The number of hydrogen-bond acceptors (Lipinski definition) is 14. The molecule has 0 aliphatic carbocycles. The Bertz CT molecular complexity index is 1020. The van der Waals surface area contributed by atoms with Crippen molar-refractivity contribution in [3.8, 4) is 0 Å². The number of carbonyl (C=O) groups excluding carboxylic acids is 7. The average Bonchev–Trinajstić information content (AvgIpc) is 3.22. The fourth-order valence-electron chi connectivity index (χ4n) is 3.73. The Kier molecular flexibility index (Phi) is 23.8. The maximum atomic E-state index is 11.7. The number of nitrogens with zero attached hydrogens (tertiary/aromatic N) is 1. The van der Waals surface area contributed by atoms with Gasteiger partial charge >= 0.3 is 29.8 Å². The van der Waals surface area contributed by atoms with Gasteiger partial charge in [0.1, 0.15) is 0 Å². The molecule has 0 N–H and O–H groups in total. The SMILES string of the molecule is CC(C)OC(=O)CCN1C(=O)C(C)C(C)C1=O.COC(=O)C(C)C(C)C(=O)OC(C)C.COCCOCOC(=O)C(C)C(C)C(=O)OC. The number of likely N-dealkylation sites (tertiary alicyclic amines) is 1. The van der Waals surface area contributed by atoms with Crippen molar-refractivity contribution in [3.63, 3.8) is 0 Å².